The fourth-order valence-electron chi connectivity index (χ4n) is 2.69. The van der Waals surface area contributed by atoms with Crippen LogP contribution in [0.1, 0.15) is 31.8 Å². The van der Waals surface area contributed by atoms with E-state index in [4.69, 9.17) is 0 Å². The third-order valence-electron chi connectivity index (χ3n) is 3.72. The van der Waals surface area contributed by atoms with E-state index in [1.165, 1.54) is 6.20 Å². The van der Waals surface area contributed by atoms with Crippen molar-refractivity contribution in [3.8, 4) is 0 Å². The van der Waals surface area contributed by atoms with Crippen LogP contribution in [0.4, 0.5) is 11.5 Å². The summed E-state index contributed by atoms with van der Waals surface area (Å²) in [6.45, 7) is 0. The number of fused-ring (bicyclic) bond motifs is 2. The summed E-state index contributed by atoms with van der Waals surface area (Å²) >= 11 is 0. The summed E-state index contributed by atoms with van der Waals surface area (Å²) in [4.78, 5) is 25.5. The molecule has 0 fully saturated rings. The average Bonchev–Trinajstić information content (AvgIpc) is 2.60. The molecule has 0 unspecified atom stereocenters. The first kappa shape index (κ1) is 13.3. The van der Waals surface area contributed by atoms with Crippen molar-refractivity contribution in [2.24, 2.45) is 0 Å². The molecular weight excluding hydrogens is 292 g/mol. The number of hydrogen-bond acceptors (Lipinski definition) is 6. The quantitative estimate of drug-likeness (QED) is 0.612. The number of aromatic nitrogens is 3. The van der Waals surface area contributed by atoms with Crippen LogP contribution < -0.4 is 5.32 Å². The van der Waals surface area contributed by atoms with Crippen LogP contribution in [0.3, 0.4) is 0 Å². The van der Waals surface area contributed by atoms with Crippen LogP contribution in [-0.2, 0) is 0 Å². The zero-order valence-electron chi connectivity index (χ0n) is 11.9. The van der Waals surface area contributed by atoms with Gasteiger partial charge in [-0.1, -0.05) is 36.4 Å². The molecule has 4 rings (SSSR count). The van der Waals surface area contributed by atoms with Crippen molar-refractivity contribution >= 4 is 23.1 Å². The molecule has 0 saturated heterocycles. The lowest BCUT2D eigenvalue weighted by molar-refractivity contribution is 0.0979. The summed E-state index contributed by atoms with van der Waals surface area (Å²) in [5.41, 5.74) is 2.12. The van der Waals surface area contributed by atoms with Crippen molar-refractivity contribution < 1.29 is 9.59 Å². The highest BCUT2D eigenvalue weighted by Crippen LogP contribution is 2.32. The number of carbonyl (C=O) groups is 2. The van der Waals surface area contributed by atoms with Gasteiger partial charge in [0.05, 0.1) is 17.4 Å². The highest BCUT2D eigenvalue weighted by atomic mass is 16.1. The van der Waals surface area contributed by atoms with E-state index in [-0.39, 0.29) is 11.6 Å². The van der Waals surface area contributed by atoms with Crippen LogP contribution in [-0.4, -0.2) is 27.0 Å². The Balaban J connectivity index is 1.87. The van der Waals surface area contributed by atoms with Gasteiger partial charge in [0.2, 0.25) is 0 Å². The number of hydrogen-bond donors (Lipinski definition) is 1. The predicted octanol–water partition coefficient (Wildman–Crippen LogP) is 2.39. The Morgan fingerprint density at radius 1 is 0.783 bits per heavy atom. The minimum atomic E-state index is -0.180. The van der Waals surface area contributed by atoms with E-state index in [0.29, 0.717) is 33.8 Å². The third kappa shape index (κ3) is 2.08. The Kier molecular flexibility index (Phi) is 2.94. The van der Waals surface area contributed by atoms with Crippen LogP contribution in [0.15, 0.2) is 54.7 Å². The first-order valence-corrected chi connectivity index (χ1v) is 6.98. The van der Waals surface area contributed by atoms with E-state index in [1.807, 2.05) is 0 Å². The van der Waals surface area contributed by atoms with Crippen molar-refractivity contribution in [3.05, 3.63) is 77.0 Å². The molecule has 6 heteroatoms. The number of nitrogens with zero attached hydrogens (tertiary/aromatic N) is 3. The molecule has 3 aromatic rings. The number of ketones is 2. The van der Waals surface area contributed by atoms with Crippen LogP contribution in [0.5, 0.6) is 0 Å². The molecule has 23 heavy (non-hydrogen) atoms. The highest BCUT2D eigenvalue weighted by Gasteiger charge is 2.31. The van der Waals surface area contributed by atoms with Crippen LogP contribution in [0.2, 0.25) is 0 Å². The van der Waals surface area contributed by atoms with E-state index in [9.17, 15) is 9.59 Å². The Morgan fingerprint density at radius 3 is 2.26 bits per heavy atom. The van der Waals surface area contributed by atoms with Gasteiger partial charge >= 0.3 is 0 Å². The normalized spacial score (nSPS) is 12.5. The van der Waals surface area contributed by atoms with Gasteiger partial charge in [-0.15, -0.1) is 10.2 Å². The summed E-state index contributed by atoms with van der Waals surface area (Å²) in [6.07, 6.45) is 1.49. The van der Waals surface area contributed by atoms with Crippen molar-refractivity contribution in [1.29, 1.82) is 0 Å². The molecule has 0 aliphatic heterocycles. The van der Waals surface area contributed by atoms with Gasteiger partial charge < -0.3 is 5.32 Å². The number of nitrogens with one attached hydrogen (secondary N) is 1. The summed E-state index contributed by atoms with van der Waals surface area (Å²) in [6, 6.07) is 13.6. The average molecular weight is 302 g/mol. The number of anilines is 2. The molecule has 6 nitrogen and oxygen atoms in total. The number of rotatable bonds is 2. The molecule has 0 atom stereocenters. The second kappa shape index (κ2) is 5.10. The maximum absolute atomic E-state index is 12.8. The van der Waals surface area contributed by atoms with Gasteiger partial charge in [-0.25, -0.2) is 0 Å². The molecule has 1 heterocycles. The van der Waals surface area contributed by atoms with E-state index in [1.54, 1.807) is 48.5 Å². The Hall–Kier alpha value is -3.41. The van der Waals surface area contributed by atoms with Crippen molar-refractivity contribution in [2.75, 3.05) is 5.32 Å². The van der Waals surface area contributed by atoms with Gasteiger partial charge in [-0.3, -0.25) is 9.59 Å². The zero-order chi connectivity index (χ0) is 15.8. The molecule has 110 valence electrons. The summed E-state index contributed by atoms with van der Waals surface area (Å²) in [5, 5.41) is 14.0. The van der Waals surface area contributed by atoms with Crippen molar-refractivity contribution in [2.45, 2.75) is 0 Å². The second-order valence-electron chi connectivity index (χ2n) is 5.06. The summed E-state index contributed by atoms with van der Waals surface area (Å²) < 4.78 is 0. The lowest BCUT2D eigenvalue weighted by atomic mass is 9.83. The van der Waals surface area contributed by atoms with Gasteiger partial charge in [-0.05, 0) is 11.3 Å². The SMILES string of the molecule is O=C1c2ccccc2C(=O)c2c(Nc3ccnnn3)cccc21. The van der Waals surface area contributed by atoms with Gasteiger partial charge in [0.25, 0.3) is 0 Å². The Bertz CT molecular complexity index is 938. The molecule has 2 aromatic carbocycles. The number of benzene rings is 2. The molecular formula is C17H10N4O2. The predicted molar refractivity (Wildman–Crippen MR) is 82.9 cm³/mol. The molecule has 0 amide bonds. The van der Waals surface area contributed by atoms with Gasteiger partial charge in [-0.2, -0.15) is 0 Å². The largest absolute Gasteiger partial charge is 0.338 e. The Labute approximate surface area is 131 Å². The first-order valence-electron chi connectivity index (χ1n) is 6.98. The van der Waals surface area contributed by atoms with Crippen molar-refractivity contribution in [3.63, 3.8) is 0 Å². The molecule has 0 bridgehead atoms. The lowest BCUT2D eigenvalue weighted by Crippen LogP contribution is -2.22. The third-order valence-corrected chi connectivity index (χ3v) is 3.72. The van der Waals surface area contributed by atoms with E-state index in [2.05, 4.69) is 20.7 Å². The molecule has 0 spiro atoms. The van der Waals surface area contributed by atoms with Crippen LogP contribution in [0.25, 0.3) is 0 Å². The zero-order valence-corrected chi connectivity index (χ0v) is 11.9. The fraction of sp³-hybridized carbons (Fsp3) is 0. The van der Waals surface area contributed by atoms with E-state index < -0.39 is 0 Å². The maximum Gasteiger partial charge on any atom is 0.196 e. The fourth-order valence-corrected chi connectivity index (χ4v) is 2.69. The van der Waals surface area contributed by atoms with Gasteiger partial charge in [0.15, 0.2) is 17.4 Å². The topological polar surface area (TPSA) is 84.8 Å². The van der Waals surface area contributed by atoms with Crippen molar-refractivity contribution in [1.82, 2.24) is 15.4 Å². The minimum absolute atomic E-state index is 0.153. The van der Waals surface area contributed by atoms with Gasteiger partial charge in [0, 0.05) is 22.8 Å². The number of carbonyl (C=O) groups excluding carboxylic acids is 2. The highest BCUT2D eigenvalue weighted by molar-refractivity contribution is 6.30. The van der Waals surface area contributed by atoms with E-state index in [0.717, 1.165) is 0 Å². The second-order valence-corrected chi connectivity index (χ2v) is 5.06. The first-order chi connectivity index (χ1) is 11.3. The molecule has 1 aromatic heterocycles. The van der Waals surface area contributed by atoms with Crippen LogP contribution >= 0.6 is 0 Å². The molecule has 1 N–H and O–H groups in total. The van der Waals surface area contributed by atoms with E-state index >= 15 is 0 Å². The molecule has 0 saturated carbocycles. The molecule has 1 aliphatic rings. The smallest absolute Gasteiger partial charge is 0.196 e. The molecule has 1 aliphatic carbocycles. The lowest BCUT2D eigenvalue weighted by Gasteiger charge is -2.20. The van der Waals surface area contributed by atoms with Crippen LogP contribution in [0, 0.1) is 0 Å². The molecule has 0 radical (unpaired) electrons. The van der Waals surface area contributed by atoms with Gasteiger partial charge in [0.1, 0.15) is 0 Å². The monoisotopic (exact) mass is 302 g/mol. The minimum Gasteiger partial charge on any atom is -0.338 e. The maximum atomic E-state index is 12.8. The summed E-state index contributed by atoms with van der Waals surface area (Å²) in [7, 11) is 0. The Morgan fingerprint density at radius 2 is 1.52 bits per heavy atom. The standard InChI is InChI=1S/C17H10N4O2/c22-16-10-4-1-2-5-11(10)17(23)15-12(16)6-3-7-13(15)19-14-8-9-18-21-20-14/h1-9H,(H,18,19,20). The summed E-state index contributed by atoms with van der Waals surface area (Å²) in [5.74, 6) is 0.118.